The SMILES string of the molecule is CC(C)(C)OC(=O)N[C@@H](CCCCN)C(=O)Oc1ccc([N+](=O)[O-])cc1. The summed E-state index contributed by atoms with van der Waals surface area (Å²) in [5.74, 6) is -0.530. The van der Waals surface area contributed by atoms with Crippen LogP contribution in [0.5, 0.6) is 5.75 Å². The first-order chi connectivity index (χ1) is 12.1. The fourth-order valence-electron chi connectivity index (χ4n) is 2.01. The van der Waals surface area contributed by atoms with Crippen molar-refractivity contribution in [3.8, 4) is 5.75 Å². The molecule has 0 aliphatic carbocycles. The summed E-state index contributed by atoms with van der Waals surface area (Å²) in [5, 5.41) is 13.1. The van der Waals surface area contributed by atoms with Crippen molar-refractivity contribution >= 4 is 17.7 Å². The number of benzene rings is 1. The summed E-state index contributed by atoms with van der Waals surface area (Å²) in [4.78, 5) is 34.4. The van der Waals surface area contributed by atoms with Gasteiger partial charge >= 0.3 is 12.1 Å². The molecule has 0 unspecified atom stereocenters. The molecule has 9 heteroatoms. The number of carbonyl (C=O) groups excluding carboxylic acids is 2. The average molecular weight is 367 g/mol. The number of nitrogens with zero attached hydrogens (tertiary/aromatic N) is 1. The molecule has 0 aliphatic rings. The average Bonchev–Trinajstić information content (AvgIpc) is 2.52. The van der Waals surface area contributed by atoms with E-state index in [9.17, 15) is 19.7 Å². The quantitative estimate of drug-likeness (QED) is 0.237. The summed E-state index contributed by atoms with van der Waals surface area (Å²) in [6, 6.07) is 4.19. The molecule has 0 saturated heterocycles. The molecule has 1 aromatic carbocycles. The Balaban J connectivity index is 2.75. The summed E-state index contributed by atoms with van der Waals surface area (Å²) in [5.41, 5.74) is 4.64. The van der Waals surface area contributed by atoms with Crippen LogP contribution in [0.15, 0.2) is 24.3 Å². The van der Waals surface area contributed by atoms with E-state index in [0.29, 0.717) is 25.8 Å². The standard InChI is InChI=1S/C17H25N3O6/c1-17(2,3)26-16(22)19-14(6-4-5-11-18)15(21)25-13-9-7-12(8-10-13)20(23)24/h7-10,14H,4-6,11,18H2,1-3H3,(H,19,22)/t14-/m0/s1. The number of rotatable bonds is 8. The molecule has 1 atom stereocenters. The number of hydrogen-bond donors (Lipinski definition) is 2. The second kappa shape index (κ2) is 9.71. The zero-order chi connectivity index (χ0) is 19.7. The molecule has 3 N–H and O–H groups in total. The minimum Gasteiger partial charge on any atom is -0.444 e. The van der Waals surface area contributed by atoms with Crippen LogP contribution < -0.4 is 15.8 Å². The monoisotopic (exact) mass is 367 g/mol. The molecule has 0 saturated carbocycles. The molecule has 0 bridgehead atoms. The van der Waals surface area contributed by atoms with Crippen LogP contribution >= 0.6 is 0 Å². The normalized spacial score (nSPS) is 12.2. The summed E-state index contributed by atoms with van der Waals surface area (Å²) < 4.78 is 10.4. The number of esters is 1. The van der Waals surface area contributed by atoms with E-state index in [4.69, 9.17) is 15.2 Å². The lowest BCUT2D eigenvalue weighted by molar-refractivity contribution is -0.384. The van der Waals surface area contributed by atoms with Gasteiger partial charge in [-0.3, -0.25) is 10.1 Å². The van der Waals surface area contributed by atoms with Crippen molar-refractivity contribution in [3.63, 3.8) is 0 Å². The number of ether oxygens (including phenoxy) is 2. The first-order valence-corrected chi connectivity index (χ1v) is 8.28. The maximum Gasteiger partial charge on any atom is 0.408 e. The van der Waals surface area contributed by atoms with Crippen molar-refractivity contribution in [2.45, 2.75) is 51.7 Å². The number of alkyl carbamates (subject to hydrolysis) is 1. The van der Waals surface area contributed by atoms with Crippen LogP contribution in [0.4, 0.5) is 10.5 Å². The van der Waals surface area contributed by atoms with Crippen LogP contribution in [0.25, 0.3) is 0 Å². The van der Waals surface area contributed by atoms with Gasteiger partial charge in [-0.05, 0) is 58.7 Å². The van der Waals surface area contributed by atoms with Crippen molar-refractivity contribution in [3.05, 3.63) is 34.4 Å². The van der Waals surface area contributed by atoms with Gasteiger partial charge in [0.05, 0.1) is 4.92 Å². The van der Waals surface area contributed by atoms with E-state index >= 15 is 0 Å². The first kappa shape index (κ1) is 21.4. The van der Waals surface area contributed by atoms with E-state index in [1.54, 1.807) is 20.8 Å². The van der Waals surface area contributed by atoms with Gasteiger partial charge in [-0.2, -0.15) is 0 Å². The molecule has 9 nitrogen and oxygen atoms in total. The number of nitro benzene ring substituents is 1. The van der Waals surface area contributed by atoms with Gasteiger partial charge in [0.25, 0.3) is 5.69 Å². The van der Waals surface area contributed by atoms with E-state index in [2.05, 4.69) is 5.32 Å². The Bertz CT molecular complexity index is 624. The number of carbonyl (C=O) groups is 2. The molecular weight excluding hydrogens is 342 g/mol. The lowest BCUT2D eigenvalue weighted by atomic mass is 10.1. The Labute approximate surface area is 152 Å². The second-order valence-electron chi connectivity index (χ2n) is 6.66. The Morgan fingerprint density at radius 2 is 1.85 bits per heavy atom. The summed E-state index contributed by atoms with van der Waals surface area (Å²) in [6.07, 6.45) is 0.919. The Morgan fingerprint density at radius 3 is 2.35 bits per heavy atom. The molecule has 0 fully saturated rings. The minimum absolute atomic E-state index is 0.115. The number of amides is 1. The van der Waals surface area contributed by atoms with Gasteiger partial charge in [0.1, 0.15) is 17.4 Å². The molecular formula is C17H25N3O6. The fourth-order valence-corrected chi connectivity index (χ4v) is 2.01. The zero-order valence-electron chi connectivity index (χ0n) is 15.2. The number of non-ortho nitro benzene ring substituents is 1. The molecule has 0 spiro atoms. The van der Waals surface area contributed by atoms with Crippen molar-refractivity contribution < 1.29 is 24.0 Å². The van der Waals surface area contributed by atoms with Crippen LogP contribution in [-0.2, 0) is 9.53 Å². The van der Waals surface area contributed by atoms with Crippen LogP contribution in [0.3, 0.4) is 0 Å². The number of nitro groups is 1. The smallest absolute Gasteiger partial charge is 0.408 e. The second-order valence-corrected chi connectivity index (χ2v) is 6.66. The number of nitrogens with two attached hydrogens (primary N) is 1. The molecule has 1 aromatic rings. The molecule has 0 aromatic heterocycles. The Hall–Kier alpha value is -2.68. The van der Waals surface area contributed by atoms with Crippen LogP contribution in [0.1, 0.15) is 40.0 Å². The highest BCUT2D eigenvalue weighted by atomic mass is 16.6. The van der Waals surface area contributed by atoms with Gasteiger partial charge in [0.2, 0.25) is 0 Å². The third-order valence-electron chi connectivity index (χ3n) is 3.19. The molecule has 144 valence electrons. The van der Waals surface area contributed by atoms with E-state index in [-0.39, 0.29) is 11.4 Å². The number of nitrogens with one attached hydrogen (secondary N) is 1. The summed E-state index contributed by atoms with van der Waals surface area (Å²) >= 11 is 0. The van der Waals surface area contributed by atoms with Gasteiger partial charge in [-0.15, -0.1) is 0 Å². The Kier molecular flexibility index (Phi) is 7.98. The van der Waals surface area contributed by atoms with Crippen LogP contribution in [-0.4, -0.2) is 35.2 Å². The maximum atomic E-state index is 12.4. The van der Waals surface area contributed by atoms with Gasteiger partial charge in [0, 0.05) is 12.1 Å². The van der Waals surface area contributed by atoms with Gasteiger partial charge < -0.3 is 20.5 Å². The highest BCUT2D eigenvalue weighted by Crippen LogP contribution is 2.18. The summed E-state index contributed by atoms with van der Waals surface area (Å²) in [6.45, 7) is 5.61. The maximum absolute atomic E-state index is 12.4. The Morgan fingerprint density at radius 1 is 1.23 bits per heavy atom. The first-order valence-electron chi connectivity index (χ1n) is 8.28. The van der Waals surface area contributed by atoms with E-state index in [1.165, 1.54) is 24.3 Å². The molecule has 0 aliphatic heterocycles. The van der Waals surface area contributed by atoms with E-state index in [1.807, 2.05) is 0 Å². The van der Waals surface area contributed by atoms with Crippen molar-refractivity contribution in [2.75, 3.05) is 6.54 Å². The third kappa shape index (κ3) is 7.93. The largest absolute Gasteiger partial charge is 0.444 e. The molecule has 26 heavy (non-hydrogen) atoms. The third-order valence-corrected chi connectivity index (χ3v) is 3.19. The van der Waals surface area contributed by atoms with Gasteiger partial charge in [-0.1, -0.05) is 0 Å². The molecule has 1 rings (SSSR count). The zero-order valence-corrected chi connectivity index (χ0v) is 15.2. The van der Waals surface area contributed by atoms with E-state index in [0.717, 1.165) is 0 Å². The lowest BCUT2D eigenvalue weighted by Crippen LogP contribution is -2.45. The fraction of sp³-hybridized carbons (Fsp3) is 0.529. The van der Waals surface area contributed by atoms with Gasteiger partial charge in [-0.25, -0.2) is 9.59 Å². The topological polar surface area (TPSA) is 134 Å². The van der Waals surface area contributed by atoms with Crippen molar-refractivity contribution in [2.24, 2.45) is 5.73 Å². The number of hydrogen-bond acceptors (Lipinski definition) is 7. The number of unbranched alkanes of at least 4 members (excludes halogenated alkanes) is 1. The predicted molar refractivity (Wildman–Crippen MR) is 94.8 cm³/mol. The molecule has 0 radical (unpaired) electrons. The van der Waals surface area contributed by atoms with E-state index < -0.39 is 28.6 Å². The van der Waals surface area contributed by atoms with Crippen LogP contribution in [0.2, 0.25) is 0 Å². The highest BCUT2D eigenvalue weighted by molar-refractivity contribution is 5.83. The minimum atomic E-state index is -0.911. The highest BCUT2D eigenvalue weighted by Gasteiger charge is 2.25. The predicted octanol–water partition coefficient (Wildman–Crippen LogP) is 2.52. The van der Waals surface area contributed by atoms with Gasteiger partial charge in [0.15, 0.2) is 0 Å². The molecule has 1 amide bonds. The summed E-state index contributed by atoms with van der Waals surface area (Å²) in [7, 11) is 0. The van der Waals surface area contributed by atoms with Crippen molar-refractivity contribution in [1.82, 2.24) is 5.32 Å². The molecule has 0 heterocycles. The van der Waals surface area contributed by atoms with Crippen LogP contribution in [0, 0.1) is 10.1 Å². The van der Waals surface area contributed by atoms with Crippen molar-refractivity contribution in [1.29, 1.82) is 0 Å². The lowest BCUT2D eigenvalue weighted by Gasteiger charge is -2.23.